The molecule has 2 N–H and O–H groups in total. The third kappa shape index (κ3) is 2.74. The van der Waals surface area contributed by atoms with Crippen LogP contribution in [-0.2, 0) is 0 Å². The highest BCUT2D eigenvalue weighted by molar-refractivity contribution is 5.59. The van der Waals surface area contributed by atoms with Crippen molar-refractivity contribution in [3.63, 3.8) is 0 Å². The van der Waals surface area contributed by atoms with Gasteiger partial charge in [0.25, 0.3) is 0 Å². The summed E-state index contributed by atoms with van der Waals surface area (Å²) in [4.78, 5) is 2.22. The van der Waals surface area contributed by atoms with Crippen LogP contribution in [0.25, 0.3) is 11.3 Å². The van der Waals surface area contributed by atoms with E-state index in [0.717, 1.165) is 43.0 Å². The zero-order valence-electron chi connectivity index (χ0n) is 10.9. The summed E-state index contributed by atoms with van der Waals surface area (Å²) in [6, 6.07) is 14.4. The number of anilines is 1. The Hall–Kier alpha value is -1.94. The molecule has 0 spiro atoms. The molecule has 1 aromatic heterocycles. The van der Waals surface area contributed by atoms with Gasteiger partial charge in [-0.05, 0) is 25.0 Å². The fourth-order valence-corrected chi connectivity index (χ4v) is 2.47. The molecule has 1 aliphatic heterocycles. The minimum Gasteiger partial charge on any atom is -0.354 e. The van der Waals surface area contributed by atoms with Crippen molar-refractivity contribution in [2.75, 3.05) is 18.0 Å². The van der Waals surface area contributed by atoms with Gasteiger partial charge in [-0.15, -0.1) is 10.2 Å². The number of hydrogen-bond donors (Lipinski definition) is 1. The third-order valence-electron chi connectivity index (χ3n) is 3.50. The molecule has 1 unspecified atom stereocenters. The Labute approximate surface area is 113 Å². The average molecular weight is 254 g/mol. The van der Waals surface area contributed by atoms with E-state index < -0.39 is 0 Å². The van der Waals surface area contributed by atoms with Crippen molar-refractivity contribution in [2.24, 2.45) is 5.73 Å². The first-order valence-electron chi connectivity index (χ1n) is 6.72. The maximum atomic E-state index is 5.99. The summed E-state index contributed by atoms with van der Waals surface area (Å²) in [7, 11) is 0. The molecule has 2 aromatic rings. The maximum absolute atomic E-state index is 5.99. The van der Waals surface area contributed by atoms with Crippen molar-refractivity contribution in [2.45, 2.75) is 18.9 Å². The van der Waals surface area contributed by atoms with Crippen LogP contribution in [0, 0.1) is 0 Å². The standard InChI is InChI=1S/C15H18N4/c16-13-7-4-10-19(11-13)15-9-8-14(17-18-15)12-5-2-1-3-6-12/h1-3,5-6,8-9,13H,4,7,10-11,16H2. The van der Waals surface area contributed by atoms with Gasteiger partial charge in [-0.3, -0.25) is 0 Å². The Balaban J connectivity index is 1.79. The normalized spacial score (nSPS) is 19.4. The molecule has 0 bridgehead atoms. The van der Waals surface area contributed by atoms with Gasteiger partial charge >= 0.3 is 0 Å². The number of nitrogens with zero attached hydrogens (tertiary/aromatic N) is 3. The van der Waals surface area contributed by atoms with Gasteiger partial charge in [0.05, 0.1) is 5.69 Å². The lowest BCUT2D eigenvalue weighted by molar-refractivity contribution is 0.502. The molecule has 1 aliphatic rings. The van der Waals surface area contributed by atoms with Gasteiger partial charge in [0.15, 0.2) is 5.82 Å². The summed E-state index contributed by atoms with van der Waals surface area (Å²) in [6.07, 6.45) is 2.23. The van der Waals surface area contributed by atoms with Crippen molar-refractivity contribution >= 4 is 5.82 Å². The van der Waals surface area contributed by atoms with Crippen LogP contribution in [0.15, 0.2) is 42.5 Å². The van der Waals surface area contributed by atoms with E-state index in [1.807, 2.05) is 42.5 Å². The maximum Gasteiger partial charge on any atom is 0.151 e. The molecule has 1 saturated heterocycles. The van der Waals surface area contributed by atoms with Gasteiger partial charge in [-0.1, -0.05) is 30.3 Å². The van der Waals surface area contributed by atoms with Crippen LogP contribution in [0.1, 0.15) is 12.8 Å². The Morgan fingerprint density at radius 3 is 2.58 bits per heavy atom. The van der Waals surface area contributed by atoms with Crippen LogP contribution in [0.4, 0.5) is 5.82 Å². The first kappa shape index (κ1) is 12.1. The Morgan fingerprint density at radius 2 is 1.89 bits per heavy atom. The van der Waals surface area contributed by atoms with Gasteiger partial charge in [0, 0.05) is 24.7 Å². The fourth-order valence-electron chi connectivity index (χ4n) is 2.47. The first-order chi connectivity index (χ1) is 9.33. The zero-order valence-corrected chi connectivity index (χ0v) is 10.9. The topological polar surface area (TPSA) is 55.0 Å². The molecular weight excluding hydrogens is 236 g/mol. The molecule has 4 heteroatoms. The van der Waals surface area contributed by atoms with Gasteiger partial charge in [-0.2, -0.15) is 0 Å². The molecule has 1 atom stereocenters. The van der Waals surface area contributed by atoms with Crippen LogP contribution >= 0.6 is 0 Å². The molecule has 1 fully saturated rings. The molecule has 19 heavy (non-hydrogen) atoms. The largest absolute Gasteiger partial charge is 0.354 e. The van der Waals surface area contributed by atoms with E-state index in [4.69, 9.17) is 5.73 Å². The lowest BCUT2D eigenvalue weighted by Crippen LogP contribution is -2.43. The number of hydrogen-bond acceptors (Lipinski definition) is 4. The van der Waals surface area contributed by atoms with E-state index in [-0.39, 0.29) is 6.04 Å². The van der Waals surface area contributed by atoms with Crippen molar-refractivity contribution < 1.29 is 0 Å². The van der Waals surface area contributed by atoms with E-state index in [9.17, 15) is 0 Å². The van der Waals surface area contributed by atoms with Crippen LogP contribution < -0.4 is 10.6 Å². The first-order valence-corrected chi connectivity index (χ1v) is 6.72. The summed E-state index contributed by atoms with van der Waals surface area (Å²) in [6.45, 7) is 1.90. The summed E-state index contributed by atoms with van der Waals surface area (Å²) < 4.78 is 0. The van der Waals surface area contributed by atoms with Crippen molar-refractivity contribution in [1.82, 2.24) is 10.2 Å². The summed E-state index contributed by atoms with van der Waals surface area (Å²) >= 11 is 0. The molecule has 1 aromatic carbocycles. The predicted octanol–water partition coefficient (Wildman–Crippen LogP) is 2.07. The molecule has 0 radical (unpaired) electrons. The van der Waals surface area contributed by atoms with Gasteiger partial charge in [-0.25, -0.2) is 0 Å². The second kappa shape index (κ2) is 5.36. The molecule has 2 heterocycles. The smallest absolute Gasteiger partial charge is 0.151 e. The number of benzene rings is 1. The van der Waals surface area contributed by atoms with Crippen molar-refractivity contribution in [1.29, 1.82) is 0 Å². The molecule has 98 valence electrons. The van der Waals surface area contributed by atoms with Gasteiger partial charge in [0.1, 0.15) is 0 Å². The Bertz CT molecular complexity index is 524. The Kier molecular flexibility index (Phi) is 3.42. The monoisotopic (exact) mass is 254 g/mol. The SMILES string of the molecule is NC1CCCN(c2ccc(-c3ccccc3)nn2)C1. The predicted molar refractivity (Wildman–Crippen MR) is 76.9 cm³/mol. The van der Waals surface area contributed by atoms with Crippen molar-refractivity contribution in [3.8, 4) is 11.3 Å². The quantitative estimate of drug-likeness (QED) is 0.891. The lowest BCUT2D eigenvalue weighted by atomic mass is 10.1. The number of nitrogens with two attached hydrogens (primary N) is 1. The highest BCUT2D eigenvalue weighted by atomic mass is 15.3. The second-order valence-corrected chi connectivity index (χ2v) is 4.99. The summed E-state index contributed by atoms with van der Waals surface area (Å²) in [5.41, 5.74) is 8.00. The van der Waals surface area contributed by atoms with E-state index >= 15 is 0 Å². The molecule has 0 amide bonds. The minimum atomic E-state index is 0.254. The number of rotatable bonds is 2. The zero-order chi connectivity index (χ0) is 13.1. The molecular formula is C15H18N4. The average Bonchev–Trinajstić information content (AvgIpc) is 2.48. The van der Waals surface area contributed by atoms with Gasteiger partial charge < -0.3 is 10.6 Å². The van der Waals surface area contributed by atoms with E-state index in [2.05, 4.69) is 15.1 Å². The second-order valence-electron chi connectivity index (χ2n) is 4.99. The van der Waals surface area contributed by atoms with Crippen LogP contribution in [0.3, 0.4) is 0 Å². The Morgan fingerprint density at radius 1 is 1.05 bits per heavy atom. The van der Waals surface area contributed by atoms with E-state index in [0.29, 0.717) is 0 Å². The summed E-state index contributed by atoms with van der Waals surface area (Å²) in [5.74, 6) is 0.926. The van der Waals surface area contributed by atoms with Crippen LogP contribution in [-0.4, -0.2) is 29.3 Å². The molecule has 4 nitrogen and oxygen atoms in total. The number of piperidine rings is 1. The molecule has 0 saturated carbocycles. The van der Waals surface area contributed by atoms with Crippen LogP contribution in [0.2, 0.25) is 0 Å². The fraction of sp³-hybridized carbons (Fsp3) is 0.333. The van der Waals surface area contributed by atoms with E-state index in [1.165, 1.54) is 0 Å². The summed E-state index contributed by atoms with van der Waals surface area (Å²) in [5, 5.41) is 8.65. The van der Waals surface area contributed by atoms with Crippen LogP contribution in [0.5, 0.6) is 0 Å². The molecule has 0 aliphatic carbocycles. The highest BCUT2D eigenvalue weighted by Crippen LogP contribution is 2.20. The van der Waals surface area contributed by atoms with E-state index in [1.54, 1.807) is 0 Å². The highest BCUT2D eigenvalue weighted by Gasteiger charge is 2.18. The van der Waals surface area contributed by atoms with Crippen molar-refractivity contribution in [3.05, 3.63) is 42.5 Å². The third-order valence-corrected chi connectivity index (χ3v) is 3.50. The number of aromatic nitrogens is 2. The lowest BCUT2D eigenvalue weighted by Gasteiger charge is -2.31. The minimum absolute atomic E-state index is 0.254. The molecule has 3 rings (SSSR count). The van der Waals surface area contributed by atoms with Gasteiger partial charge in [0.2, 0.25) is 0 Å².